The van der Waals surface area contributed by atoms with Crippen molar-refractivity contribution < 1.29 is 8.42 Å². The number of para-hydroxylation sites is 1. The van der Waals surface area contributed by atoms with Gasteiger partial charge in [-0.05, 0) is 56.1 Å². The van der Waals surface area contributed by atoms with E-state index < -0.39 is 10.0 Å². The predicted molar refractivity (Wildman–Crippen MR) is 140 cm³/mol. The fraction of sp³-hybridized carbons (Fsp3) is 0.370. The van der Waals surface area contributed by atoms with E-state index >= 15 is 0 Å². The molecule has 2 fully saturated rings. The van der Waals surface area contributed by atoms with E-state index in [4.69, 9.17) is 0 Å². The molecule has 2 aromatic heterocycles. The lowest BCUT2D eigenvalue weighted by Gasteiger charge is -2.37. The molecule has 0 saturated carbocycles. The molecular weight excluding hydrogens is 458 g/mol. The van der Waals surface area contributed by atoms with Gasteiger partial charge in [0.25, 0.3) is 0 Å². The fourth-order valence-corrected chi connectivity index (χ4v) is 7.34. The third kappa shape index (κ3) is 4.30. The van der Waals surface area contributed by atoms with Gasteiger partial charge >= 0.3 is 0 Å². The Morgan fingerprint density at radius 2 is 1.83 bits per heavy atom. The van der Waals surface area contributed by atoms with Crippen molar-refractivity contribution in [3.8, 4) is 0 Å². The highest BCUT2D eigenvalue weighted by Crippen LogP contribution is 2.30. The zero-order valence-corrected chi connectivity index (χ0v) is 20.6. The molecule has 1 unspecified atom stereocenters. The van der Waals surface area contributed by atoms with E-state index in [1.165, 1.54) is 22.8 Å². The maximum atomic E-state index is 13.5. The van der Waals surface area contributed by atoms with E-state index in [1.54, 1.807) is 10.4 Å². The molecule has 1 N–H and O–H groups in total. The standard InChI is InChI=1S/C27H31N5O2S/c33-35(34,23-19-21-5-1-2-7-25(21)29-20-23)32-13-4-6-22(32)11-14-30-15-17-31(18-16-30)27-9-3-8-26-24(27)10-12-28-26/h1-3,5,7-10,12,19-20,22,28H,4,6,11,13-18H2. The first-order valence-corrected chi connectivity index (χ1v) is 13.9. The number of rotatable bonds is 6. The summed E-state index contributed by atoms with van der Waals surface area (Å²) in [5, 5.41) is 2.13. The number of fused-ring (bicyclic) bond motifs is 2. The number of nitrogens with zero attached hydrogens (tertiary/aromatic N) is 4. The Bertz CT molecular complexity index is 1440. The summed E-state index contributed by atoms with van der Waals surface area (Å²) in [6.45, 7) is 5.48. The molecule has 0 amide bonds. The summed E-state index contributed by atoms with van der Waals surface area (Å²) in [5.41, 5.74) is 3.28. The first kappa shape index (κ1) is 22.5. The van der Waals surface area contributed by atoms with Crippen LogP contribution in [0.3, 0.4) is 0 Å². The van der Waals surface area contributed by atoms with Crippen LogP contribution < -0.4 is 4.90 Å². The number of sulfonamides is 1. The maximum absolute atomic E-state index is 13.5. The fourth-order valence-electron chi connectivity index (χ4n) is 5.63. The molecule has 6 rings (SSSR count). The molecule has 4 aromatic rings. The van der Waals surface area contributed by atoms with Crippen LogP contribution in [0.1, 0.15) is 19.3 Å². The van der Waals surface area contributed by atoms with Gasteiger partial charge in [-0.3, -0.25) is 9.88 Å². The molecule has 0 bridgehead atoms. The Labute approximate surface area is 206 Å². The summed E-state index contributed by atoms with van der Waals surface area (Å²) in [4.78, 5) is 12.9. The quantitative estimate of drug-likeness (QED) is 0.442. The largest absolute Gasteiger partial charge is 0.368 e. The number of piperazine rings is 1. The van der Waals surface area contributed by atoms with E-state index in [0.717, 1.165) is 62.9 Å². The van der Waals surface area contributed by atoms with Gasteiger partial charge in [0.2, 0.25) is 10.0 Å². The van der Waals surface area contributed by atoms with Crippen molar-refractivity contribution in [2.24, 2.45) is 0 Å². The number of hydrogen-bond donors (Lipinski definition) is 1. The zero-order chi connectivity index (χ0) is 23.8. The molecule has 2 saturated heterocycles. The number of aromatic nitrogens is 2. The van der Waals surface area contributed by atoms with Crippen molar-refractivity contribution in [2.45, 2.75) is 30.2 Å². The molecule has 0 radical (unpaired) electrons. The number of pyridine rings is 1. The SMILES string of the molecule is O=S(=O)(c1cnc2ccccc2c1)N1CCCC1CCN1CCN(c2cccc3[nH]ccc23)CC1. The van der Waals surface area contributed by atoms with Crippen LogP contribution in [-0.2, 0) is 10.0 Å². The number of hydrogen-bond acceptors (Lipinski definition) is 5. The molecule has 7 nitrogen and oxygen atoms in total. The highest BCUT2D eigenvalue weighted by atomic mass is 32.2. The summed E-state index contributed by atoms with van der Waals surface area (Å²) in [6.07, 6.45) is 6.22. The summed E-state index contributed by atoms with van der Waals surface area (Å²) in [5.74, 6) is 0. The van der Waals surface area contributed by atoms with Crippen LogP contribution in [0.25, 0.3) is 21.8 Å². The van der Waals surface area contributed by atoms with Gasteiger partial charge in [-0.2, -0.15) is 4.31 Å². The number of H-pyrrole nitrogens is 1. The number of nitrogens with one attached hydrogen (secondary N) is 1. The van der Waals surface area contributed by atoms with Crippen LogP contribution >= 0.6 is 0 Å². The van der Waals surface area contributed by atoms with Gasteiger partial charge < -0.3 is 9.88 Å². The second kappa shape index (κ2) is 9.26. The average Bonchev–Trinajstić information content (AvgIpc) is 3.57. The molecule has 4 heterocycles. The summed E-state index contributed by atoms with van der Waals surface area (Å²) >= 11 is 0. The van der Waals surface area contributed by atoms with Crippen molar-refractivity contribution in [3.05, 3.63) is 67.0 Å². The van der Waals surface area contributed by atoms with Crippen molar-refractivity contribution in [1.82, 2.24) is 19.2 Å². The molecule has 8 heteroatoms. The van der Waals surface area contributed by atoms with Crippen molar-refractivity contribution in [2.75, 3.05) is 44.2 Å². The van der Waals surface area contributed by atoms with Crippen LogP contribution in [-0.4, -0.2) is 72.9 Å². The van der Waals surface area contributed by atoms with E-state index in [2.05, 4.69) is 44.0 Å². The number of aromatic amines is 1. The second-order valence-electron chi connectivity index (χ2n) is 9.61. The Morgan fingerprint density at radius 3 is 2.71 bits per heavy atom. The summed E-state index contributed by atoms with van der Waals surface area (Å²) in [7, 11) is -3.55. The van der Waals surface area contributed by atoms with Gasteiger partial charge in [0.1, 0.15) is 4.90 Å². The number of anilines is 1. The molecule has 0 aliphatic carbocycles. The zero-order valence-electron chi connectivity index (χ0n) is 19.8. The lowest BCUT2D eigenvalue weighted by atomic mass is 10.1. The minimum absolute atomic E-state index is 0.0538. The normalized spacial score (nSPS) is 20.2. The van der Waals surface area contributed by atoms with E-state index in [-0.39, 0.29) is 6.04 Å². The minimum atomic E-state index is -3.55. The highest BCUT2D eigenvalue weighted by molar-refractivity contribution is 7.89. The van der Waals surface area contributed by atoms with Crippen molar-refractivity contribution >= 4 is 37.5 Å². The van der Waals surface area contributed by atoms with Crippen molar-refractivity contribution in [3.63, 3.8) is 0 Å². The Kier molecular flexibility index (Phi) is 5.96. The Morgan fingerprint density at radius 1 is 0.971 bits per heavy atom. The third-order valence-corrected chi connectivity index (χ3v) is 9.48. The van der Waals surface area contributed by atoms with Gasteiger partial charge in [-0.15, -0.1) is 0 Å². The number of benzene rings is 2. The molecule has 35 heavy (non-hydrogen) atoms. The van der Waals surface area contributed by atoms with Crippen LogP contribution in [0.4, 0.5) is 5.69 Å². The first-order valence-electron chi connectivity index (χ1n) is 12.5. The average molecular weight is 490 g/mol. The minimum Gasteiger partial charge on any atom is -0.368 e. The third-order valence-electron chi connectivity index (χ3n) is 7.56. The smallest absolute Gasteiger partial charge is 0.244 e. The van der Waals surface area contributed by atoms with Crippen LogP contribution in [0, 0.1) is 0 Å². The monoisotopic (exact) mass is 489 g/mol. The van der Waals surface area contributed by atoms with Crippen LogP contribution in [0.15, 0.2) is 71.9 Å². The molecule has 182 valence electrons. The Balaban J connectivity index is 1.09. The predicted octanol–water partition coefficient (Wildman–Crippen LogP) is 4.08. The van der Waals surface area contributed by atoms with Gasteiger partial charge in [-0.25, -0.2) is 8.42 Å². The van der Waals surface area contributed by atoms with E-state index in [1.807, 2.05) is 30.5 Å². The molecular formula is C27H31N5O2S. The van der Waals surface area contributed by atoms with E-state index in [0.29, 0.717) is 11.4 Å². The summed E-state index contributed by atoms with van der Waals surface area (Å²) in [6, 6.07) is 18.0. The topological polar surface area (TPSA) is 72.5 Å². The highest BCUT2D eigenvalue weighted by Gasteiger charge is 2.35. The summed E-state index contributed by atoms with van der Waals surface area (Å²) < 4.78 is 28.7. The molecule has 2 aliphatic rings. The van der Waals surface area contributed by atoms with Crippen LogP contribution in [0.2, 0.25) is 0 Å². The lowest BCUT2D eigenvalue weighted by Crippen LogP contribution is -2.47. The van der Waals surface area contributed by atoms with E-state index in [9.17, 15) is 8.42 Å². The lowest BCUT2D eigenvalue weighted by molar-refractivity contribution is 0.232. The molecule has 0 spiro atoms. The van der Waals surface area contributed by atoms with Gasteiger partial charge in [0.05, 0.1) is 5.52 Å². The molecule has 2 aromatic carbocycles. The van der Waals surface area contributed by atoms with Gasteiger partial charge in [0, 0.05) is 73.1 Å². The first-order chi connectivity index (χ1) is 17.1. The second-order valence-corrected chi connectivity index (χ2v) is 11.5. The van der Waals surface area contributed by atoms with Gasteiger partial charge in [-0.1, -0.05) is 24.3 Å². The maximum Gasteiger partial charge on any atom is 0.244 e. The van der Waals surface area contributed by atoms with Gasteiger partial charge in [0.15, 0.2) is 0 Å². The van der Waals surface area contributed by atoms with Crippen molar-refractivity contribution in [1.29, 1.82) is 0 Å². The Hall–Kier alpha value is -2.94. The molecule has 2 aliphatic heterocycles. The molecule has 1 atom stereocenters. The van der Waals surface area contributed by atoms with Crippen LogP contribution in [0.5, 0.6) is 0 Å².